The summed E-state index contributed by atoms with van der Waals surface area (Å²) in [4.78, 5) is 30.8. The van der Waals surface area contributed by atoms with Crippen LogP contribution in [0.15, 0.2) is 34.1 Å². The molecule has 4 N–H and O–H groups in total. The lowest BCUT2D eigenvalue weighted by atomic mass is 10.1. The molecule has 7 heteroatoms. The van der Waals surface area contributed by atoms with Crippen molar-refractivity contribution in [3.05, 3.63) is 40.2 Å². The van der Waals surface area contributed by atoms with E-state index in [0.717, 1.165) is 0 Å². The van der Waals surface area contributed by atoms with Crippen molar-refractivity contribution in [2.75, 3.05) is 13.6 Å². The van der Waals surface area contributed by atoms with Gasteiger partial charge >= 0.3 is 0 Å². The summed E-state index contributed by atoms with van der Waals surface area (Å²) in [6.45, 7) is 6.43. The highest BCUT2D eigenvalue weighted by Crippen LogP contribution is 2.19. The summed E-state index contributed by atoms with van der Waals surface area (Å²) in [6.07, 6.45) is 2.32. The molecule has 1 amide bonds. The number of nitrogens with zero attached hydrogens (tertiary/aromatic N) is 1. The molecular formula is C18H26N4O3. The third-order valence-corrected chi connectivity index (χ3v) is 3.44. The molecule has 136 valence electrons. The van der Waals surface area contributed by atoms with Crippen LogP contribution in [-0.4, -0.2) is 42.0 Å². The molecule has 0 aliphatic heterocycles. The topological polar surface area (TPSA) is 107 Å². The standard InChI is InChI=1S/C16H20N4O3.C2H6/c1-10(19-9-17-2)6-7-18-16(23)12-8-14(22)11-4-3-5-13(21)15(11)20-12;1-2/h3-5,8-10,21H,6-7H2,1-2H3,(H,17,19)(H,18,23)(H,20,22);1-2H3. The highest BCUT2D eigenvalue weighted by Gasteiger charge is 2.11. The number of phenolic OH excluding ortho intramolecular Hbond substituents is 1. The maximum atomic E-state index is 12.1. The number of carbonyl (C=O) groups is 1. The Kier molecular flexibility index (Phi) is 8.18. The van der Waals surface area contributed by atoms with Gasteiger partial charge in [0, 0.05) is 31.1 Å². The number of para-hydroxylation sites is 1. The predicted molar refractivity (Wildman–Crippen MR) is 102 cm³/mol. The fraction of sp³-hybridized carbons (Fsp3) is 0.389. The number of nitrogens with one attached hydrogen (secondary N) is 3. The summed E-state index contributed by atoms with van der Waals surface area (Å²) >= 11 is 0. The highest BCUT2D eigenvalue weighted by atomic mass is 16.3. The second-order valence-corrected chi connectivity index (χ2v) is 5.25. The van der Waals surface area contributed by atoms with Crippen LogP contribution in [0.4, 0.5) is 0 Å². The SMILES string of the molecule is CC.CN=CNC(C)CCNC(=O)c1cc(=O)c2cccc(O)c2[nH]1. The molecule has 1 unspecified atom stereocenters. The number of phenols is 1. The van der Waals surface area contributed by atoms with Crippen LogP contribution in [0.25, 0.3) is 10.9 Å². The number of rotatable bonds is 6. The van der Waals surface area contributed by atoms with Crippen molar-refractivity contribution >= 4 is 23.1 Å². The van der Waals surface area contributed by atoms with Gasteiger partial charge in [0.2, 0.25) is 0 Å². The molecular weight excluding hydrogens is 320 g/mol. The van der Waals surface area contributed by atoms with Crippen LogP contribution >= 0.6 is 0 Å². The minimum Gasteiger partial charge on any atom is -0.506 e. The van der Waals surface area contributed by atoms with Gasteiger partial charge in [0.1, 0.15) is 11.4 Å². The van der Waals surface area contributed by atoms with Crippen LogP contribution in [0.1, 0.15) is 37.7 Å². The van der Waals surface area contributed by atoms with Gasteiger partial charge in [-0.1, -0.05) is 19.9 Å². The Morgan fingerprint density at radius 1 is 1.40 bits per heavy atom. The molecule has 0 saturated carbocycles. The monoisotopic (exact) mass is 346 g/mol. The van der Waals surface area contributed by atoms with Gasteiger partial charge in [-0.15, -0.1) is 0 Å². The number of H-pyrrole nitrogens is 1. The Morgan fingerprint density at radius 3 is 2.80 bits per heavy atom. The molecule has 7 nitrogen and oxygen atoms in total. The fourth-order valence-corrected chi connectivity index (χ4v) is 2.16. The molecule has 1 aromatic carbocycles. The zero-order valence-electron chi connectivity index (χ0n) is 15.1. The third-order valence-electron chi connectivity index (χ3n) is 3.44. The van der Waals surface area contributed by atoms with E-state index >= 15 is 0 Å². The first kappa shape index (κ1) is 20.2. The number of hydrogen-bond donors (Lipinski definition) is 4. The van der Waals surface area contributed by atoms with E-state index in [9.17, 15) is 14.7 Å². The third kappa shape index (κ3) is 5.63. The summed E-state index contributed by atoms with van der Waals surface area (Å²) in [5.74, 6) is -0.450. The van der Waals surface area contributed by atoms with Crippen LogP contribution in [-0.2, 0) is 0 Å². The summed E-state index contributed by atoms with van der Waals surface area (Å²) in [5, 5.41) is 16.0. The van der Waals surface area contributed by atoms with E-state index in [-0.39, 0.29) is 34.3 Å². The lowest BCUT2D eigenvalue weighted by molar-refractivity contribution is 0.0948. The smallest absolute Gasteiger partial charge is 0.267 e. The fourth-order valence-electron chi connectivity index (χ4n) is 2.16. The van der Waals surface area contributed by atoms with Crippen molar-refractivity contribution in [2.24, 2.45) is 4.99 Å². The van der Waals surface area contributed by atoms with E-state index < -0.39 is 0 Å². The Balaban J connectivity index is 0.00000151. The Morgan fingerprint density at radius 2 is 2.12 bits per heavy atom. The van der Waals surface area contributed by atoms with Crippen molar-refractivity contribution in [1.82, 2.24) is 15.6 Å². The lowest BCUT2D eigenvalue weighted by Crippen LogP contribution is -2.32. The van der Waals surface area contributed by atoms with Crippen LogP contribution in [0.2, 0.25) is 0 Å². The van der Waals surface area contributed by atoms with E-state index in [0.29, 0.717) is 18.4 Å². The molecule has 2 aromatic rings. The first-order valence-electron chi connectivity index (χ1n) is 8.33. The summed E-state index contributed by atoms with van der Waals surface area (Å²) in [5.41, 5.74) is 0.0769. The lowest BCUT2D eigenvalue weighted by Gasteiger charge is -2.12. The van der Waals surface area contributed by atoms with Gasteiger partial charge in [-0.05, 0) is 25.5 Å². The second kappa shape index (κ2) is 10.1. The van der Waals surface area contributed by atoms with Gasteiger partial charge in [0.05, 0.1) is 11.9 Å². The molecule has 0 spiro atoms. The maximum Gasteiger partial charge on any atom is 0.267 e. The molecule has 0 aliphatic rings. The average molecular weight is 346 g/mol. The Hall–Kier alpha value is -2.83. The zero-order valence-corrected chi connectivity index (χ0v) is 15.1. The van der Waals surface area contributed by atoms with E-state index in [4.69, 9.17) is 0 Å². The number of fused-ring (bicyclic) bond motifs is 1. The minimum absolute atomic E-state index is 0.0640. The molecule has 1 aromatic heterocycles. The largest absolute Gasteiger partial charge is 0.506 e. The molecule has 0 fully saturated rings. The maximum absolute atomic E-state index is 12.1. The van der Waals surface area contributed by atoms with Gasteiger partial charge in [-0.2, -0.15) is 0 Å². The van der Waals surface area contributed by atoms with E-state index in [2.05, 4.69) is 20.6 Å². The summed E-state index contributed by atoms with van der Waals surface area (Å²) < 4.78 is 0. The Labute approximate surface area is 147 Å². The van der Waals surface area contributed by atoms with E-state index in [1.807, 2.05) is 20.8 Å². The van der Waals surface area contributed by atoms with Crippen LogP contribution in [0.3, 0.4) is 0 Å². The van der Waals surface area contributed by atoms with Crippen molar-refractivity contribution in [1.29, 1.82) is 0 Å². The molecule has 0 aliphatic carbocycles. The number of aromatic nitrogens is 1. The van der Waals surface area contributed by atoms with Gasteiger partial charge < -0.3 is 20.7 Å². The number of benzene rings is 1. The first-order chi connectivity index (χ1) is 12.0. The van der Waals surface area contributed by atoms with Crippen LogP contribution < -0.4 is 16.1 Å². The number of aromatic amines is 1. The first-order valence-corrected chi connectivity index (χ1v) is 8.33. The molecule has 1 atom stereocenters. The van der Waals surface area contributed by atoms with Crippen molar-refractivity contribution in [3.63, 3.8) is 0 Å². The number of carbonyl (C=O) groups excluding carboxylic acids is 1. The number of amides is 1. The van der Waals surface area contributed by atoms with Gasteiger partial charge in [0.25, 0.3) is 5.91 Å². The van der Waals surface area contributed by atoms with Crippen LogP contribution in [0, 0.1) is 0 Å². The van der Waals surface area contributed by atoms with Crippen molar-refractivity contribution in [2.45, 2.75) is 33.2 Å². The minimum atomic E-state index is -0.386. The Bertz CT molecular complexity index is 783. The van der Waals surface area contributed by atoms with Gasteiger partial charge in [-0.25, -0.2) is 0 Å². The number of pyridine rings is 1. The summed E-state index contributed by atoms with van der Waals surface area (Å²) in [6, 6.07) is 6.04. The predicted octanol–water partition coefficient (Wildman–Crippen LogP) is 2.02. The normalized spacial score (nSPS) is 11.7. The zero-order chi connectivity index (χ0) is 18.8. The van der Waals surface area contributed by atoms with Gasteiger partial charge in [0.15, 0.2) is 5.43 Å². The molecule has 0 bridgehead atoms. The molecule has 2 rings (SSSR count). The quantitative estimate of drug-likeness (QED) is 0.474. The van der Waals surface area contributed by atoms with E-state index in [1.165, 1.54) is 12.1 Å². The highest BCUT2D eigenvalue weighted by molar-refractivity contribution is 5.95. The molecule has 0 radical (unpaired) electrons. The average Bonchev–Trinajstić information content (AvgIpc) is 2.62. The van der Waals surface area contributed by atoms with E-state index in [1.54, 1.807) is 25.5 Å². The number of aromatic hydroxyl groups is 1. The molecule has 25 heavy (non-hydrogen) atoms. The van der Waals surface area contributed by atoms with Crippen molar-refractivity contribution in [3.8, 4) is 5.75 Å². The second-order valence-electron chi connectivity index (χ2n) is 5.25. The van der Waals surface area contributed by atoms with Gasteiger partial charge in [-0.3, -0.25) is 14.6 Å². The molecule has 1 heterocycles. The number of aliphatic imine (C=N–C) groups is 1. The molecule has 0 saturated heterocycles. The number of hydrogen-bond acceptors (Lipinski definition) is 4. The summed E-state index contributed by atoms with van der Waals surface area (Å²) in [7, 11) is 1.67. The van der Waals surface area contributed by atoms with Crippen LogP contribution in [0.5, 0.6) is 5.75 Å². The van der Waals surface area contributed by atoms with Crippen molar-refractivity contribution < 1.29 is 9.90 Å².